The van der Waals surface area contributed by atoms with Crippen LogP contribution in [-0.2, 0) is 4.79 Å². The van der Waals surface area contributed by atoms with Gasteiger partial charge in [0.15, 0.2) is 5.11 Å². The van der Waals surface area contributed by atoms with Gasteiger partial charge in [-0.2, -0.15) is 0 Å². The molecule has 1 amide bonds. The number of amides is 1. The molecular weight excluding hydrogens is 401 g/mol. The number of benzene rings is 2. The Labute approximate surface area is 172 Å². The highest BCUT2D eigenvalue weighted by molar-refractivity contribution is 7.80. The summed E-state index contributed by atoms with van der Waals surface area (Å²) in [4.78, 5) is 13.7. The van der Waals surface area contributed by atoms with Crippen molar-refractivity contribution < 1.29 is 13.9 Å². The van der Waals surface area contributed by atoms with Gasteiger partial charge in [0.2, 0.25) is 0 Å². The van der Waals surface area contributed by atoms with Crippen molar-refractivity contribution in [3.8, 4) is 5.75 Å². The minimum absolute atomic E-state index is 0.00703. The van der Waals surface area contributed by atoms with Crippen LogP contribution in [0, 0.1) is 11.2 Å². The van der Waals surface area contributed by atoms with Crippen LogP contribution in [0.25, 0.3) is 0 Å². The molecule has 0 bridgehead atoms. The summed E-state index contributed by atoms with van der Waals surface area (Å²) < 4.78 is 20.5. The highest BCUT2D eigenvalue weighted by Gasteiger charge is 2.28. The van der Waals surface area contributed by atoms with Crippen LogP contribution in [-0.4, -0.2) is 22.8 Å². The molecule has 2 aromatic carbocycles. The lowest BCUT2D eigenvalue weighted by Crippen LogP contribution is -2.45. The fourth-order valence-electron chi connectivity index (χ4n) is 3.13. The molecule has 5 nitrogen and oxygen atoms in total. The van der Waals surface area contributed by atoms with Crippen molar-refractivity contribution in [1.82, 2.24) is 0 Å². The molecule has 3 N–H and O–H groups in total. The third kappa shape index (κ3) is 4.31. The molecule has 28 heavy (non-hydrogen) atoms. The van der Waals surface area contributed by atoms with Crippen LogP contribution in [0.15, 0.2) is 42.5 Å². The van der Waals surface area contributed by atoms with E-state index in [0.29, 0.717) is 5.56 Å². The first kappa shape index (κ1) is 20.2. The van der Waals surface area contributed by atoms with Gasteiger partial charge in [-0.1, -0.05) is 41.9 Å². The third-order valence-electron chi connectivity index (χ3n) is 4.54. The van der Waals surface area contributed by atoms with E-state index in [1.54, 1.807) is 30.3 Å². The molecule has 0 unspecified atom stereocenters. The largest absolute Gasteiger partial charge is 0.489 e. The standard InChI is InChI=1S/C20H19ClFN3O2S/c21-14-10-15(22)16(11-17(14)27-13-8-4-5-9-13)25(20(24)28)19(26)18(23)12-6-2-1-3-7-12/h1-3,6-7,10-11,13,23H,4-5,8-9H2,(H2,24,28). The molecule has 0 saturated heterocycles. The summed E-state index contributed by atoms with van der Waals surface area (Å²) in [7, 11) is 0. The zero-order chi connectivity index (χ0) is 20.3. The Bertz CT molecular complexity index is 917. The number of hydrogen-bond acceptors (Lipinski definition) is 4. The van der Waals surface area contributed by atoms with Crippen LogP contribution in [0.2, 0.25) is 5.02 Å². The van der Waals surface area contributed by atoms with Crippen LogP contribution < -0.4 is 15.4 Å². The molecule has 1 fully saturated rings. The number of carbonyl (C=O) groups excluding carboxylic acids is 1. The molecule has 0 atom stereocenters. The second kappa shape index (κ2) is 8.67. The number of ether oxygens (including phenoxy) is 1. The van der Waals surface area contributed by atoms with Gasteiger partial charge in [-0.15, -0.1) is 0 Å². The molecule has 0 aliphatic heterocycles. The maximum atomic E-state index is 14.7. The maximum Gasteiger partial charge on any atom is 0.283 e. The Hall–Kier alpha value is -2.51. The van der Waals surface area contributed by atoms with Gasteiger partial charge in [0, 0.05) is 11.6 Å². The molecule has 0 radical (unpaired) electrons. The van der Waals surface area contributed by atoms with Gasteiger partial charge in [0.05, 0.1) is 16.8 Å². The second-order valence-electron chi connectivity index (χ2n) is 6.48. The van der Waals surface area contributed by atoms with Crippen molar-refractivity contribution in [1.29, 1.82) is 5.41 Å². The lowest BCUT2D eigenvalue weighted by Gasteiger charge is -2.23. The molecule has 0 spiro atoms. The summed E-state index contributed by atoms with van der Waals surface area (Å²) in [6.45, 7) is 0. The zero-order valence-corrected chi connectivity index (χ0v) is 16.5. The molecule has 0 aromatic heterocycles. The van der Waals surface area contributed by atoms with Gasteiger partial charge in [-0.25, -0.2) is 9.29 Å². The first-order chi connectivity index (χ1) is 13.4. The highest BCUT2D eigenvalue weighted by Crippen LogP contribution is 2.35. The topological polar surface area (TPSA) is 79.4 Å². The average Bonchev–Trinajstić information content (AvgIpc) is 3.18. The lowest BCUT2D eigenvalue weighted by molar-refractivity contribution is -0.111. The Morgan fingerprint density at radius 3 is 2.50 bits per heavy atom. The number of rotatable bonds is 5. The summed E-state index contributed by atoms with van der Waals surface area (Å²) >= 11 is 11.1. The Morgan fingerprint density at radius 1 is 1.25 bits per heavy atom. The smallest absolute Gasteiger partial charge is 0.283 e. The summed E-state index contributed by atoms with van der Waals surface area (Å²) in [6.07, 6.45) is 3.89. The molecule has 1 aliphatic rings. The molecule has 2 aromatic rings. The Kier molecular flexibility index (Phi) is 6.26. The normalized spacial score (nSPS) is 13.9. The fourth-order valence-corrected chi connectivity index (χ4v) is 3.51. The quantitative estimate of drug-likeness (QED) is 0.554. The first-order valence-corrected chi connectivity index (χ1v) is 9.60. The highest BCUT2D eigenvalue weighted by atomic mass is 35.5. The van der Waals surface area contributed by atoms with E-state index in [9.17, 15) is 9.18 Å². The predicted octanol–water partition coefficient (Wildman–Crippen LogP) is 4.45. The minimum atomic E-state index is -0.841. The van der Waals surface area contributed by atoms with Gasteiger partial charge < -0.3 is 10.5 Å². The number of halogens is 2. The summed E-state index contributed by atoms with van der Waals surface area (Å²) in [6, 6.07) is 10.7. The van der Waals surface area contributed by atoms with Crippen LogP contribution in [0.5, 0.6) is 5.75 Å². The number of carbonyl (C=O) groups is 1. The van der Waals surface area contributed by atoms with E-state index >= 15 is 0 Å². The fraction of sp³-hybridized carbons (Fsp3) is 0.250. The van der Waals surface area contributed by atoms with Crippen LogP contribution in [0.1, 0.15) is 31.2 Å². The number of hydrogen-bond donors (Lipinski definition) is 2. The van der Waals surface area contributed by atoms with E-state index in [2.05, 4.69) is 0 Å². The predicted molar refractivity (Wildman–Crippen MR) is 112 cm³/mol. The first-order valence-electron chi connectivity index (χ1n) is 8.82. The third-order valence-corrected chi connectivity index (χ3v) is 5.02. The van der Waals surface area contributed by atoms with Crippen LogP contribution in [0.3, 0.4) is 0 Å². The molecule has 146 valence electrons. The number of nitrogens with two attached hydrogens (primary N) is 1. The monoisotopic (exact) mass is 419 g/mol. The van der Waals surface area contributed by atoms with E-state index in [1.807, 2.05) is 0 Å². The number of nitrogens with one attached hydrogen (secondary N) is 1. The average molecular weight is 420 g/mol. The van der Waals surface area contributed by atoms with Crippen molar-refractivity contribution >= 4 is 46.2 Å². The van der Waals surface area contributed by atoms with Crippen LogP contribution in [0.4, 0.5) is 10.1 Å². The molecule has 1 aliphatic carbocycles. The van der Waals surface area contributed by atoms with E-state index < -0.39 is 11.7 Å². The van der Waals surface area contributed by atoms with E-state index in [1.165, 1.54) is 6.07 Å². The molecule has 0 heterocycles. The van der Waals surface area contributed by atoms with Gasteiger partial charge in [0.25, 0.3) is 5.91 Å². The second-order valence-corrected chi connectivity index (χ2v) is 7.30. The van der Waals surface area contributed by atoms with Crippen molar-refractivity contribution in [3.05, 3.63) is 58.9 Å². The molecular formula is C20H19ClFN3O2S. The molecule has 3 rings (SSSR count). The molecule has 8 heteroatoms. The van der Waals surface area contributed by atoms with Gasteiger partial charge in [-0.05, 0) is 44.0 Å². The lowest BCUT2D eigenvalue weighted by atomic mass is 10.1. The summed E-state index contributed by atoms with van der Waals surface area (Å²) in [5.41, 5.74) is 5.51. The van der Waals surface area contributed by atoms with Crippen molar-refractivity contribution in [2.24, 2.45) is 5.73 Å². The van der Waals surface area contributed by atoms with E-state index in [4.69, 9.17) is 39.7 Å². The Balaban J connectivity index is 1.96. The summed E-state index contributed by atoms with van der Waals surface area (Å²) in [5.74, 6) is -1.37. The zero-order valence-electron chi connectivity index (χ0n) is 15.0. The van der Waals surface area contributed by atoms with Gasteiger partial charge >= 0.3 is 0 Å². The van der Waals surface area contributed by atoms with Crippen LogP contribution >= 0.6 is 23.8 Å². The summed E-state index contributed by atoms with van der Waals surface area (Å²) in [5, 5.41) is 7.89. The number of thiocarbonyl (C=S) groups is 1. The van der Waals surface area contributed by atoms with Crippen molar-refractivity contribution in [2.75, 3.05) is 4.90 Å². The maximum absolute atomic E-state index is 14.7. The molecule has 1 saturated carbocycles. The SMILES string of the molecule is N=C(C(=O)N(C(N)=S)c1cc(OC2CCCC2)c(Cl)cc1F)c1ccccc1. The van der Waals surface area contributed by atoms with E-state index in [0.717, 1.165) is 36.6 Å². The van der Waals surface area contributed by atoms with Crippen molar-refractivity contribution in [3.63, 3.8) is 0 Å². The van der Waals surface area contributed by atoms with Gasteiger partial charge in [0.1, 0.15) is 17.3 Å². The number of anilines is 1. The van der Waals surface area contributed by atoms with Gasteiger partial charge in [-0.3, -0.25) is 10.2 Å². The van der Waals surface area contributed by atoms with Crippen molar-refractivity contribution in [2.45, 2.75) is 31.8 Å². The Morgan fingerprint density at radius 2 is 1.89 bits per heavy atom. The number of nitrogens with zero attached hydrogens (tertiary/aromatic N) is 1. The van der Waals surface area contributed by atoms with E-state index in [-0.39, 0.29) is 33.4 Å². The minimum Gasteiger partial charge on any atom is -0.489 e.